The lowest BCUT2D eigenvalue weighted by Gasteiger charge is -2.28. The second kappa shape index (κ2) is 7.63. The van der Waals surface area contributed by atoms with E-state index < -0.39 is 0 Å². The highest BCUT2D eigenvalue weighted by Gasteiger charge is 2.21. The molecule has 0 aromatic heterocycles. The van der Waals surface area contributed by atoms with Crippen molar-refractivity contribution in [1.29, 1.82) is 0 Å². The van der Waals surface area contributed by atoms with Crippen molar-refractivity contribution >= 4 is 0 Å². The highest BCUT2D eigenvalue weighted by Crippen LogP contribution is 2.06. The summed E-state index contributed by atoms with van der Waals surface area (Å²) in [5, 5.41) is 10.00. The molecule has 0 saturated carbocycles. The molecule has 1 aromatic rings. The molecular formula is C16H26NO2+. The fourth-order valence-electron chi connectivity index (χ4n) is 2.65. The first-order valence-corrected chi connectivity index (χ1v) is 7.37. The minimum Gasteiger partial charge on any atom is -0.385 e. The number of hydrogen-bond acceptors (Lipinski definition) is 2. The average molecular weight is 264 g/mol. The number of rotatable bonds is 6. The van der Waals surface area contributed by atoms with E-state index in [0.29, 0.717) is 13.2 Å². The topological polar surface area (TPSA) is 33.9 Å². The Balaban J connectivity index is 1.61. The van der Waals surface area contributed by atoms with E-state index in [2.05, 4.69) is 6.92 Å². The summed E-state index contributed by atoms with van der Waals surface area (Å²) in [7, 11) is 0. The summed E-state index contributed by atoms with van der Waals surface area (Å²) < 4.78 is 5.58. The minimum atomic E-state index is -0.341. The lowest BCUT2D eigenvalue weighted by atomic mass is 9.99. The van der Waals surface area contributed by atoms with Gasteiger partial charge in [0.25, 0.3) is 0 Å². The third-order valence-corrected chi connectivity index (χ3v) is 3.93. The Hall–Kier alpha value is -0.900. The molecular weight excluding hydrogens is 238 g/mol. The van der Waals surface area contributed by atoms with Crippen molar-refractivity contribution in [1.82, 2.24) is 0 Å². The standard InChI is InChI=1S/C16H25NO2/c1-14-7-9-17(10-8-14)11-16(18)13-19-12-15-5-3-2-4-6-15/h2-6,14,16,18H,7-13H2,1H3/p+1. The molecule has 1 aliphatic rings. The van der Waals surface area contributed by atoms with Crippen LogP contribution in [0.3, 0.4) is 0 Å². The summed E-state index contributed by atoms with van der Waals surface area (Å²) in [5.41, 5.74) is 1.16. The van der Waals surface area contributed by atoms with Gasteiger partial charge in [0.15, 0.2) is 0 Å². The van der Waals surface area contributed by atoms with Crippen molar-refractivity contribution in [2.24, 2.45) is 5.92 Å². The Morgan fingerprint density at radius 2 is 1.95 bits per heavy atom. The van der Waals surface area contributed by atoms with E-state index in [-0.39, 0.29) is 6.10 Å². The van der Waals surface area contributed by atoms with Gasteiger partial charge in [0, 0.05) is 0 Å². The van der Waals surface area contributed by atoms with Gasteiger partial charge < -0.3 is 14.7 Å². The highest BCUT2D eigenvalue weighted by atomic mass is 16.5. The van der Waals surface area contributed by atoms with Gasteiger partial charge in [-0.05, 0) is 24.3 Å². The maximum absolute atomic E-state index is 10.00. The Morgan fingerprint density at radius 1 is 1.26 bits per heavy atom. The molecule has 1 atom stereocenters. The van der Waals surface area contributed by atoms with Gasteiger partial charge in [0.05, 0.1) is 26.3 Å². The summed E-state index contributed by atoms with van der Waals surface area (Å²) in [6.45, 7) is 6.55. The van der Waals surface area contributed by atoms with E-state index >= 15 is 0 Å². The molecule has 1 saturated heterocycles. The SMILES string of the molecule is CC1CC[NH+](CC(O)COCc2ccccc2)CC1. The number of likely N-dealkylation sites (tertiary alicyclic amines) is 1. The second-order valence-electron chi connectivity index (χ2n) is 5.79. The Morgan fingerprint density at radius 3 is 2.63 bits per heavy atom. The van der Waals surface area contributed by atoms with Crippen LogP contribution in [0.25, 0.3) is 0 Å². The van der Waals surface area contributed by atoms with E-state index in [4.69, 9.17) is 4.74 Å². The van der Waals surface area contributed by atoms with Crippen molar-refractivity contribution < 1.29 is 14.7 Å². The molecule has 1 unspecified atom stereocenters. The maximum Gasteiger partial charge on any atom is 0.126 e. The molecule has 0 radical (unpaired) electrons. The van der Waals surface area contributed by atoms with Crippen LogP contribution < -0.4 is 4.90 Å². The maximum atomic E-state index is 10.00. The molecule has 0 spiro atoms. The highest BCUT2D eigenvalue weighted by molar-refractivity contribution is 5.13. The van der Waals surface area contributed by atoms with Crippen molar-refractivity contribution in [3.8, 4) is 0 Å². The molecule has 0 aliphatic carbocycles. The number of benzene rings is 1. The molecule has 1 heterocycles. The second-order valence-corrected chi connectivity index (χ2v) is 5.79. The molecule has 3 nitrogen and oxygen atoms in total. The lowest BCUT2D eigenvalue weighted by molar-refractivity contribution is -0.909. The van der Waals surface area contributed by atoms with Gasteiger partial charge in [-0.15, -0.1) is 0 Å². The van der Waals surface area contributed by atoms with Gasteiger partial charge in [-0.25, -0.2) is 0 Å². The number of nitrogens with one attached hydrogen (secondary N) is 1. The fraction of sp³-hybridized carbons (Fsp3) is 0.625. The largest absolute Gasteiger partial charge is 0.385 e. The van der Waals surface area contributed by atoms with Gasteiger partial charge in [-0.1, -0.05) is 37.3 Å². The fourth-order valence-corrected chi connectivity index (χ4v) is 2.65. The molecule has 19 heavy (non-hydrogen) atoms. The molecule has 1 aliphatic heterocycles. The van der Waals surface area contributed by atoms with Crippen LogP contribution >= 0.6 is 0 Å². The van der Waals surface area contributed by atoms with Gasteiger partial charge in [0.2, 0.25) is 0 Å². The van der Waals surface area contributed by atoms with Crippen LogP contribution in [0.2, 0.25) is 0 Å². The van der Waals surface area contributed by atoms with Crippen LogP contribution in [0, 0.1) is 5.92 Å². The zero-order chi connectivity index (χ0) is 13.5. The van der Waals surface area contributed by atoms with Crippen molar-refractivity contribution in [2.75, 3.05) is 26.2 Å². The zero-order valence-electron chi connectivity index (χ0n) is 11.8. The van der Waals surface area contributed by atoms with Crippen molar-refractivity contribution in [3.63, 3.8) is 0 Å². The normalized spacial score (nSPS) is 25.2. The van der Waals surface area contributed by atoms with Crippen LogP contribution in [0.4, 0.5) is 0 Å². The molecule has 3 heteroatoms. The quantitative estimate of drug-likeness (QED) is 0.800. The molecule has 0 amide bonds. The first-order chi connectivity index (χ1) is 9.24. The van der Waals surface area contributed by atoms with E-state index in [1.165, 1.54) is 30.8 Å². The van der Waals surface area contributed by atoms with E-state index in [1.807, 2.05) is 30.3 Å². The number of aliphatic hydroxyl groups excluding tert-OH is 1. The summed E-state index contributed by atoms with van der Waals surface area (Å²) in [5.74, 6) is 0.857. The van der Waals surface area contributed by atoms with E-state index in [1.54, 1.807) is 0 Å². The Bertz CT molecular complexity index is 347. The molecule has 1 aromatic carbocycles. The van der Waals surface area contributed by atoms with E-state index in [0.717, 1.165) is 18.0 Å². The van der Waals surface area contributed by atoms with Crippen LogP contribution in [0.5, 0.6) is 0 Å². The third-order valence-electron chi connectivity index (χ3n) is 3.93. The van der Waals surface area contributed by atoms with Crippen LogP contribution in [0.15, 0.2) is 30.3 Å². The van der Waals surface area contributed by atoms with Gasteiger partial charge in [0.1, 0.15) is 12.6 Å². The lowest BCUT2D eigenvalue weighted by Crippen LogP contribution is -3.14. The third kappa shape index (κ3) is 5.31. The predicted octanol–water partition coefficient (Wildman–Crippen LogP) is 0.879. The summed E-state index contributed by atoms with van der Waals surface area (Å²) in [6, 6.07) is 10.1. The van der Waals surface area contributed by atoms with Crippen molar-refractivity contribution in [3.05, 3.63) is 35.9 Å². The molecule has 2 rings (SSSR count). The molecule has 1 fully saturated rings. The zero-order valence-corrected chi connectivity index (χ0v) is 11.8. The van der Waals surface area contributed by atoms with Crippen molar-refractivity contribution in [2.45, 2.75) is 32.5 Å². The number of quaternary nitrogens is 1. The summed E-state index contributed by atoms with van der Waals surface area (Å²) in [4.78, 5) is 1.52. The summed E-state index contributed by atoms with van der Waals surface area (Å²) in [6.07, 6.45) is 2.23. The number of hydrogen-bond donors (Lipinski definition) is 2. The first-order valence-electron chi connectivity index (χ1n) is 7.37. The predicted molar refractivity (Wildman–Crippen MR) is 76.1 cm³/mol. The van der Waals surface area contributed by atoms with Crippen LogP contribution in [0.1, 0.15) is 25.3 Å². The number of ether oxygens (including phenoxy) is 1. The van der Waals surface area contributed by atoms with Gasteiger partial charge in [-0.2, -0.15) is 0 Å². The summed E-state index contributed by atoms with van der Waals surface area (Å²) >= 11 is 0. The molecule has 2 N–H and O–H groups in total. The minimum absolute atomic E-state index is 0.341. The average Bonchev–Trinajstić information content (AvgIpc) is 2.43. The first kappa shape index (κ1) is 14.5. The van der Waals surface area contributed by atoms with E-state index in [9.17, 15) is 5.11 Å². The smallest absolute Gasteiger partial charge is 0.126 e. The molecule has 106 valence electrons. The van der Waals surface area contributed by atoms with Crippen LogP contribution in [-0.4, -0.2) is 37.5 Å². The van der Waals surface area contributed by atoms with Gasteiger partial charge >= 0.3 is 0 Å². The Labute approximate surface area is 116 Å². The monoisotopic (exact) mass is 264 g/mol. The van der Waals surface area contributed by atoms with Gasteiger partial charge in [-0.3, -0.25) is 0 Å². The molecule has 0 bridgehead atoms. The van der Waals surface area contributed by atoms with Crippen LogP contribution in [-0.2, 0) is 11.3 Å². The number of piperidine rings is 1. The Kier molecular flexibility index (Phi) is 5.83. The number of aliphatic hydroxyl groups is 1.